The van der Waals surface area contributed by atoms with E-state index in [1.165, 1.54) is 17.2 Å². The van der Waals surface area contributed by atoms with Crippen molar-refractivity contribution in [1.29, 1.82) is 0 Å². The standard InChI is InChI=1S/C30H28BrNO4/c31-25-7-3-4-8-27(25)36-23-11-9-20(10-12-23)17-26(29(34)35)32-28(33)18-21-13-15-30(19-21)16-14-22-5-1-2-6-24(22)30/h1-12,17,21H,13-16,18-19H2,(H,32,33)(H,34,35). The monoisotopic (exact) mass is 545 g/mol. The van der Waals surface area contributed by atoms with Crippen LogP contribution in [0.25, 0.3) is 6.08 Å². The highest BCUT2D eigenvalue weighted by molar-refractivity contribution is 9.10. The number of halogens is 1. The van der Waals surface area contributed by atoms with Crippen molar-refractivity contribution in [2.45, 2.75) is 43.9 Å². The summed E-state index contributed by atoms with van der Waals surface area (Å²) in [5, 5.41) is 12.3. The number of carbonyl (C=O) groups is 2. The molecule has 5 nitrogen and oxygen atoms in total. The molecule has 36 heavy (non-hydrogen) atoms. The van der Waals surface area contributed by atoms with E-state index in [-0.39, 0.29) is 22.9 Å². The summed E-state index contributed by atoms with van der Waals surface area (Å²) < 4.78 is 6.71. The van der Waals surface area contributed by atoms with Crippen molar-refractivity contribution < 1.29 is 19.4 Å². The van der Waals surface area contributed by atoms with Gasteiger partial charge in [0.1, 0.15) is 17.2 Å². The van der Waals surface area contributed by atoms with Crippen LogP contribution in [-0.2, 0) is 21.4 Å². The van der Waals surface area contributed by atoms with Gasteiger partial charge in [0.2, 0.25) is 5.91 Å². The van der Waals surface area contributed by atoms with E-state index in [1.54, 1.807) is 24.3 Å². The Balaban J connectivity index is 1.21. The van der Waals surface area contributed by atoms with Crippen LogP contribution in [0, 0.1) is 5.92 Å². The molecule has 2 N–H and O–H groups in total. The SMILES string of the molecule is O=C(CC1CCC2(CCc3ccccc32)C1)NC(=Cc1ccc(Oc2ccccc2Br)cc1)C(=O)O. The van der Waals surface area contributed by atoms with Crippen LogP contribution in [0.1, 0.15) is 48.8 Å². The van der Waals surface area contributed by atoms with E-state index in [9.17, 15) is 14.7 Å². The van der Waals surface area contributed by atoms with Crippen LogP contribution < -0.4 is 10.1 Å². The van der Waals surface area contributed by atoms with Crippen molar-refractivity contribution in [3.05, 3.63) is 99.7 Å². The van der Waals surface area contributed by atoms with Crippen LogP contribution in [0.4, 0.5) is 0 Å². The third-order valence-corrected chi connectivity index (χ3v) is 8.06. The lowest BCUT2D eigenvalue weighted by Gasteiger charge is -2.25. The Morgan fingerprint density at radius 1 is 1.03 bits per heavy atom. The summed E-state index contributed by atoms with van der Waals surface area (Å²) in [6.07, 6.45) is 7.14. The van der Waals surface area contributed by atoms with Crippen molar-refractivity contribution in [2.24, 2.45) is 5.92 Å². The van der Waals surface area contributed by atoms with E-state index in [2.05, 4.69) is 45.5 Å². The van der Waals surface area contributed by atoms with Gasteiger partial charge >= 0.3 is 5.97 Å². The minimum absolute atomic E-state index is 0.126. The minimum Gasteiger partial charge on any atom is -0.477 e. The highest BCUT2D eigenvalue weighted by Gasteiger charge is 2.44. The van der Waals surface area contributed by atoms with Gasteiger partial charge in [0, 0.05) is 6.42 Å². The summed E-state index contributed by atoms with van der Waals surface area (Å²) in [6, 6.07) is 23.3. The summed E-state index contributed by atoms with van der Waals surface area (Å²) in [4.78, 5) is 24.7. The maximum atomic E-state index is 12.8. The zero-order valence-corrected chi connectivity index (χ0v) is 21.5. The van der Waals surface area contributed by atoms with Crippen LogP contribution in [0.15, 0.2) is 83.0 Å². The van der Waals surface area contributed by atoms with Gasteiger partial charge in [-0.25, -0.2) is 4.79 Å². The second-order valence-electron chi connectivity index (χ2n) is 9.76. The second kappa shape index (κ2) is 10.3. The molecular weight excluding hydrogens is 518 g/mol. The maximum Gasteiger partial charge on any atom is 0.352 e. The van der Waals surface area contributed by atoms with Crippen LogP contribution in [0.5, 0.6) is 11.5 Å². The zero-order chi connectivity index (χ0) is 25.1. The largest absolute Gasteiger partial charge is 0.477 e. The van der Waals surface area contributed by atoms with E-state index >= 15 is 0 Å². The van der Waals surface area contributed by atoms with Gasteiger partial charge in [-0.2, -0.15) is 0 Å². The molecule has 0 heterocycles. The normalized spacial score (nSPS) is 20.8. The van der Waals surface area contributed by atoms with Crippen LogP contribution in [-0.4, -0.2) is 17.0 Å². The van der Waals surface area contributed by atoms with E-state index in [1.807, 2.05) is 24.3 Å². The van der Waals surface area contributed by atoms with Gasteiger partial charge in [0.15, 0.2) is 0 Å². The van der Waals surface area contributed by atoms with Crippen molar-refractivity contribution in [3.63, 3.8) is 0 Å². The third-order valence-electron chi connectivity index (χ3n) is 7.41. The number of hydrogen-bond acceptors (Lipinski definition) is 3. The molecule has 184 valence electrons. The fourth-order valence-electron chi connectivity index (χ4n) is 5.72. The first kappa shape index (κ1) is 24.3. The molecule has 5 rings (SSSR count). The smallest absolute Gasteiger partial charge is 0.352 e. The molecule has 1 saturated carbocycles. The van der Waals surface area contributed by atoms with Gasteiger partial charge in [-0.05, 0) is 106 Å². The number of nitrogens with one attached hydrogen (secondary N) is 1. The summed E-state index contributed by atoms with van der Waals surface area (Å²) in [5.74, 6) is 0.174. The summed E-state index contributed by atoms with van der Waals surface area (Å²) in [5.41, 5.74) is 3.61. The molecule has 1 fully saturated rings. The quantitative estimate of drug-likeness (QED) is 0.318. The molecule has 3 aromatic rings. The molecule has 3 aromatic carbocycles. The number of aliphatic carboxylic acids is 1. The first-order valence-electron chi connectivity index (χ1n) is 12.3. The Kier molecular flexibility index (Phi) is 6.97. The fourth-order valence-corrected chi connectivity index (χ4v) is 6.08. The van der Waals surface area contributed by atoms with Crippen molar-refractivity contribution in [3.8, 4) is 11.5 Å². The first-order chi connectivity index (χ1) is 17.4. The number of carboxylic acid groups (broad SMARTS) is 1. The molecule has 2 aliphatic carbocycles. The summed E-state index contributed by atoms with van der Waals surface area (Å²) in [6.45, 7) is 0. The maximum absolute atomic E-state index is 12.8. The molecule has 0 aliphatic heterocycles. The third kappa shape index (κ3) is 5.24. The Hall–Kier alpha value is -3.38. The number of ether oxygens (including phenoxy) is 1. The molecule has 1 spiro atoms. The molecule has 0 radical (unpaired) electrons. The van der Waals surface area contributed by atoms with E-state index in [0.29, 0.717) is 23.5 Å². The molecule has 2 atom stereocenters. The van der Waals surface area contributed by atoms with E-state index in [4.69, 9.17) is 4.74 Å². The Bertz CT molecular complexity index is 1320. The first-order valence-corrected chi connectivity index (χ1v) is 13.1. The lowest BCUT2D eigenvalue weighted by Crippen LogP contribution is -2.29. The van der Waals surface area contributed by atoms with Crippen LogP contribution in [0.2, 0.25) is 0 Å². The predicted octanol–water partition coefficient (Wildman–Crippen LogP) is 6.86. The number of benzene rings is 3. The number of hydrogen-bond donors (Lipinski definition) is 2. The highest BCUT2D eigenvalue weighted by atomic mass is 79.9. The molecule has 0 saturated heterocycles. The fraction of sp³-hybridized carbons (Fsp3) is 0.267. The van der Waals surface area contributed by atoms with E-state index in [0.717, 1.165) is 36.6 Å². The summed E-state index contributed by atoms with van der Waals surface area (Å²) >= 11 is 3.46. The van der Waals surface area contributed by atoms with Gasteiger partial charge < -0.3 is 15.2 Å². The topological polar surface area (TPSA) is 75.6 Å². The van der Waals surface area contributed by atoms with Gasteiger partial charge in [-0.15, -0.1) is 0 Å². The molecule has 0 aromatic heterocycles. The van der Waals surface area contributed by atoms with Gasteiger partial charge in [-0.1, -0.05) is 48.5 Å². The highest BCUT2D eigenvalue weighted by Crippen LogP contribution is 2.52. The summed E-state index contributed by atoms with van der Waals surface area (Å²) in [7, 11) is 0. The number of para-hydroxylation sites is 1. The minimum atomic E-state index is -1.16. The molecular formula is C30H28BrNO4. The van der Waals surface area contributed by atoms with Gasteiger partial charge in [-0.3, -0.25) is 4.79 Å². The molecule has 6 heteroatoms. The van der Waals surface area contributed by atoms with Crippen LogP contribution in [0.3, 0.4) is 0 Å². The number of amides is 1. The molecule has 1 amide bonds. The van der Waals surface area contributed by atoms with E-state index < -0.39 is 5.97 Å². The van der Waals surface area contributed by atoms with Crippen molar-refractivity contribution >= 4 is 33.9 Å². The average Bonchev–Trinajstić information content (AvgIpc) is 3.45. The zero-order valence-electron chi connectivity index (χ0n) is 19.9. The van der Waals surface area contributed by atoms with Gasteiger partial charge in [0.05, 0.1) is 4.47 Å². The lowest BCUT2D eigenvalue weighted by molar-refractivity contribution is -0.134. The van der Waals surface area contributed by atoms with Crippen molar-refractivity contribution in [2.75, 3.05) is 0 Å². The Morgan fingerprint density at radius 3 is 2.56 bits per heavy atom. The Morgan fingerprint density at radius 2 is 1.78 bits per heavy atom. The van der Waals surface area contributed by atoms with Crippen LogP contribution >= 0.6 is 15.9 Å². The molecule has 2 aliphatic rings. The van der Waals surface area contributed by atoms with Gasteiger partial charge in [0.25, 0.3) is 0 Å². The number of rotatable bonds is 7. The average molecular weight is 546 g/mol. The number of carbonyl (C=O) groups excluding carboxylic acids is 1. The van der Waals surface area contributed by atoms with Crippen molar-refractivity contribution in [1.82, 2.24) is 5.32 Å². The number of carboxylic acids is 1. The number of fused-ring (bicyclic) bond motifs is 2. The lowest BCUT2D eigenvalue weighted by atomic mass is 9.79. The molecule has 2 unspecified atom stereocenters. The molecule has 0 bridgehead atoms. The second-order valence-corrected chi connectivity index (χ2v) is 10.6. The predicted molar refractivity (Wildman–Crippen MR) is 143 cm³/mol. The number of aryl methyl sites for hydroxylation is 1. The Labute approximate surface area is 219 Å².